The van der Waals surface area contributed by atoms with Crippen LogP contribution in [-0.4, -0.2) is 15.5 Å². The molecule has 11 heavy (non-hydrogen) atoms. The van der Waals surface area contributed by atoms with Crippen LogP contribution >= 0.6 is 0 Å². The van der Waals surface area contributed by atoms with E-state index in [1.54, 1.807) is 12.5 Å². The average Bonchev–Trinajstić information content (AvgIpc) is 2.31. The van der Waals surface area contributed by atoms with Gasteiger partial charge in [0, 0.05) is 20.2 Å². The molecule has 1 rings (SSSR count). The van der Waals surface area contributed by atoms with Gasteiger partial charge in [-0.2, -0.15) is 0 Å². The number of nitrogens with zero attached hydrogens (tertiary/aromatic N) is 2. The highest BCUT2D eigenvalue weighted by Crippen LogP contribution is 1.93. The molecular formula is C7H11N3O. The molecule has 0 aliphatic rings. The maximum absolute atomic E-state index is 10.5. The highest BCUT2D eigenvalue weighted by Gasteiger charge is 1.97. The molecule has 0 unspecified atom stereocenters. The first kappa shape index (κ1) is 7.78. The normalized spacial score (nSPS) is 9.64. The van der Waals surface area contributed by atoms with Gasteiger partial charge in [0.25, 0.3) is 0 Å². The van der Waals surface area contributed by atoms with Gasteiger partial charge in [-0.3, -0.25) is 4.79 Å². The molecular weight excluding hydrogens is 142 g/mol. The van der Waals surface area contributed by atoms with Crippen molar-refractivity contribution >= 4 is 5.91 Å². The van der Waals surface area contributed by atoms with Crippen molar-refractivity contribution in [3.63, 3.8) is 0 Å². The summed E-state index contributed by atoms with van der Waals surface area (Å²) in [7, 11) is 1.89. The summed E-state index contributed by atoms with van der Waals surface area (Å²) >= 11 is 0. The number of amides is 1. The van der Waals surface area contributed by atoms with Crippen LogP contribution in [-0.2, 0) is 18.4 Å². The van der Waals surface area contributed by atoms with Crippen molar-refractivity contribution in [1.29, 1.82) is 0 Å². The minimum atomic E-state index is -0.0220. The number of rotatable bonds is 2. The Morgan fingerprint density at radius 1 is 1.82 bits per heavy atom. The summed E-state index contributed by atoms with van der Waals surface area (Å²) in [5, 5.41) is 2.69. The van der Waals surface area contributed by atoms with Crippen molar-refractivity contribution in [3.05, 3.63) is 18.2 Å². The van der Waals surface area contributed by atoms with Gasteiger partial charge in [-0.05, 0) is 0 Å². The summed E-state index contributed by atoms with van der Waals surface area (Å²) in [5.74, 6) is -0.0220. The molecule has 60 valence electrons. The Morgan fingerprint density at radius 2 is 2.55 bits per heavy atom. The van der Waals surface area contributed by atoms with Gasteiger partial charge in [-0.25, -0.2) is 4.98 Å². The summed E-state index contributed by atoms with van der Waals surface area (Å²) in [5.41, 5.74) is 1.00. The van der Waals surface area contributed by atoms with Crippen LogP contribution in [0.3, 0.4) is 0 Å². The van der Waals surface area contributed by atoms with E-state index in [4.69, 9.17) is 0 Å². The monoisotopic (exact) mass is 153 g/mol. The van der Waals surface area contributed by atoms with Gasteiger partial charge in [-0.1, -0.05) is 0 Å². The van der Waals surface area contributed by atoms with Crippen molar-refractivity contribution < 1.29 is 4.79 Å². The lowest BCUT2D eigenvalue weighted by molar-refractivity contribution is -0.119. The van der Waals surface area contributed by atoms with Crippen molar-refractivity contribution in [2.45, 2.75) is 13.5 Å². The molecule has 1 aromatic heterocycles. The van der Waals surface area contributed by atoms with Crippen molar-refractivity contribution in [3.8, 4) is 0 Å². The van der Waals surface area contributed by atoms with Crippen LogP contribution in [0, 0.1) is 0 Å². The minimum absolute atomic E-state index is 0.0220. The van der Waals surface area contributed by atoms with Crippen molar-refractivity contribution in [2.24, 2.45) is 7.05 Å². The number of carbonyl (C=O) groups is 1. The zero-order valence-corrected chi connectivity index (χ0v) is 6.66. The highest BCUT2D eigenvalue weighted by atomic mass is 16.1. The zero-order valence-electron chi connectivity index (χ0n) is 6.66. The molecule has 0 spiro atoms. The van der Waals surface area contributed by atoms with Crippen LogP contribution < -0.4 is 5.32 Å². The molecule has 0 fully saturated rings. The molecule has 0 saturated carbocycles. The maximum Gasteiger partial charge on any atom is 0.217 e. The summed E-state index contributed by atoms with van der Waals surface area (Å²) in [4.78, 5) is 14.4. The van der Waals surface area contributed by atoms with Crippen LogP contribution in [0.25, 0.3) is 0 Å². The third-order valence-corrected chi connectivity index (χ3v) is 1.43. The predicted octanol–water partition coefficient (Wildman–Crippen LogP) is 0.0562. The predicted molar refractivity (Wildman–Crippen MR) is 40.7 cm³/mol. The molecule has 0 bridgehead atoms. The van der Waals surface area contributed by atoms with Crippen LogP contribution in [0.5, 0.6) is 0 Å². The Morgan fingerprint density at radius 3 is 3.00 bits per heavy atom. The molecule has 1 heterocycles. The molecule has 4 heteroatoms. The molecule has 0 radical (unpaired) electrons. The van der Waals surface area contributed by atoms with E-state index in [2.05, 4.69) is 10.3 Å². The third kappa shape index (κ3) is 2.07. The number of hydrogen-bond donors (Lipinski definition) is 1. The van der Waals surface area contributed by atoms with E-state index in [0.29, 0.717) is 6.54 Å². The second-order valence-corrected chi connectivity index (χ2v) is 2.41. The topological polar surface area (TPSA) is 46.9 Å². The first-order valence-corrected chi connectivity index (χ1v) is 3.40. The minimum Gasteiger partial charge on any atom is -0.351 e. The Bertz CT molecular complexity index is 254. The number of nitrogens with one attached hydrogen (secondary N) is 1. The fourth-order valence-electron chi connectivity index (χ4n) is 0.770. The molecule has 0 aliphatic carbocycles. The lowest BCUT2D eigenvalue weighted by atomic mass is 10.4. The Kier molecular flexibility index (Phi) is 2.25. The Balaban J connectivity index is 2.51. The molecule has 4 nitrogen and oxygen atoms in total. The molecule has 0 atom stereocenters. The van der Waals surface area contributed by atoms with E-state index in [0.717, 1.165) is 5.69 Å². The van der Waals surface area contributed by atoms with Crippen LogP contribution in [0.1, 0.15) is 12.6 Å². The number of imidazole rings is 1. The Labute approximate surface area is 65.2 Å². The second kappa shape index (κ2) is 3.18. The molecule has 0 aromatic carbocycles. The van der Waals surface area contributed by atoms with Crippen LogP contribution in [0.2, 0.25) is 0 Å². The summed E-state index contributed by atoms with van der Waals surface area (Å²) < 4.78 is 1.87. The standard InChI is InChI=1S/C7H11N3O/c1-6(11)9-4-7-3-8-5-10(7)2/h3,5H,4H2,1-2H3,(H,9,11). The van der Waals surface area contributed by atoms with Crippen molar-refractivity contribution in [2.75, 3.05) is 0 Å². The molecule has 1 aromatic rings. The van der Waals surface area contributed by atoms with E-state index in [-0.39, 0.29) is 5.91 Å². The zero-order chi connectivity index (χ0) is 8.27. The smallest absolute Gasteiger partial charge is 0.217 e. The third-order valence-electron chi connectivity index (χ3n) is 1.43. The molecule has 0 saturated heterocycles. The first-order valence-electron chi connectivity index (χ1n) is 3.40. The summed E-state index contributed by atoms with van der Waals surface area (Å²) in [6.45, 7) is 2.04. The van der Waals surface area contributed by atoms with Gasteiger partial charge < -0.3 is 9.88 Å². The molecule has 0 aliphatic heterocycles. The van der Waals surface area contributed by atoms with Gasteiger partial charge in [0.15, 0.2) is 0 Å². The number of aryl methyl sites for hydroxylation is 1. The lowest BCUT2D eigenvalue weighted by Gasteiger charge is -2.01. The lowest BCUT2D eigenvalue weighted by Crippen LogP contribution is -2.20. The van der Waals surface area contributed by atoms with E-state index >= 15 is 0 Å². The average molecular weight is 153 g/mol. The van der Waals surface area contributed by atoms with Gasteiger partial charge in [0.05, 0.1) is 18.6 Å². The molecule has 1 N–H and O–H groups in total. The number of carbonyl (C=O) groups excluding carboxylic acids is 1. The van der Waals surface area contributed by atoms with Gasteiger partial charge in [0.2, 0.25) is 5.91 Å². The Hall–Kier alpha value is -1.32. The van der Waals surface area contributed by atoms with Crippen LogP contribution in [0.4, 0.5) is 0 Å². The van der Waals surface area contributed by atoms with Gasteiger partial charge in [0.1, 0.15) is 0 Å². The van der Waals surface area contributed by atoms with Gasteiger partial charge in [-0.15, -0.1) is 0 Å². The fraction of sp³-hybridized carbons (Fsp3) is 0.429. The summed E-state index contributed by atoms with van der Waals surface area (Å²) in [6, 6.07) is 0. The first-order chi connectivity index (χ1) is 5.20. The number of hydrogen-bond acceptors (Lipinski definition) is 2. The van der Waals surface area contributed by atoms with Crippen molar-refractivity contribution in [1.82, 2.24) is 14.9 Å². The van der Waals surface area contributed by atoms with E-state index in [1.165, 1.54) is 6.92 Å². The second-order valence-electron chi connectivity index (χ2n) is 2.41. The maximum atomic E-state index is 10.5. The van der Waals surface area contributed by atoms with E-state index in [1.807, 2.05) is 11.6 Å². The van der Waals surface area contributed by atoms with E-state index in [9.17, 15) is 4.79 Å². The highest BCUT2D eigenvalue weighted by molar-refractivity contribution is 5.72. The van der Waals surface area contributed by atoms with Gasteiger partial charge >= 0.3 is 0 Å². The quantitative estimate of drug-likeness (QED) is 0.653. The summed E-state index contributed by atoms with van der Waals surface area (Å²) in [6.07, 6.45) is 3.44. The largest absolute Gasteiger partial charge is 0.351 e. The van der Waals surface area contributed by atoms with Crippen LogP contribution in [0.15, 0.2) is 12.5 Å². The fourth-order valence-corrected chi connectivity index (χ4v) is 0.770. The molecule has 1 amide bonds. The van der Waals surface area contributed by atoms with E-state index < -0.39 is 0 Å². The SMILES string of the molecule is CC(=O)NCc1cncn1C. The number of aromatic nitrogens is 2.